The number of methoxy groups -OCH3 is 1. The SMILES string of the molecule is COC(=O)C(NC(=O)c1ccc(C#CC(C)C)cc1)C(C)(C)N.OCC1CC1. The number of rotatable bonds is 5. The molecular formula is C22H32N2O4. The first-order valence-electron chi connectivity index (χ1n) is 9.48. The van der Waals surface area contributed by atoms with Gasteiger partial charge in [0, 0.05) is 29.2 Å². The highest BCUT2D eigenvalue weighted by Gasteiger charge is 2.34. The summed E-state index contributed by atoms with van der Waals surface area (Å²) in [6, 6.07) is 5.94. The van der Waals surface area contributed by atoms with Crippen molar-refractivity contribution in [3.8, 4) is 11.8 Å². The lowest BCUT2D eigenvalue weighted by molar-refractivity contribution is -0.144. The van der Waals surface area contributed by atoms with Crippen LogP contribution >= 0.6 is 0 Å². The quantitative estimate of drug-likeness (QED) is 0.530. The smallest absolute Gasteiger partial charge is 0.330 e. The summed E-state index contributed by atoms with van der Waals surface area (Å²) < 4.78 is 4.70. The van der Waals surface area contributed by atoms with Gasteiger partial charge in [-0.3, -0.25) is 4.79 Å². The van der Waals surface area contributed by atoms with Gasteiger partial charge in [-0.25, -0.2) is 4.79 Å². The van der Waals surface area contributed by atoms with Crippen LogP contribution in [0.25, 0.3) is 0 Å². The maximum atomic E-state index is 12.3. The first-order valence-corrected chi connectivity index (χ1v) is 9.48. The van der Waals surface area contributed by atoms with E-state index in [1.807, 2.05) is 13.8 Å². The van der Waals surface area contributed by atoms with Crippen molar-refractivity contribution in [2.24, 2.45) is 17.6 Å². The number of nitrogens with two attached hydrogens (primary N) is 1. The van der Waals surface area contributed by atoms with Crippen molar-refractivity contribution in [3.05, 3.63) is 35.4 Å². The van der Waals surface area contributed by atoms with Gasteiger partial charge in [-0.05, 0) is 56.9 Å². The molecule has 1 amide bonds. The van der Waals surface area contributed by atoms with Gasteiger partial charge in [0.25, 0.3) is 5.91 Å². The molecule has 1 aromatic rings. The van der Waals surface area contributed by atoms with Gasteiger partial charge in [0.15, 0.2) is 0 Å². The van der Waals surface area contributed by atoms with E-state index in [0.717, 1.165) is 5.56 Å². The molecule has 2 rings (SSSR count). The van der Waals surface area contributed by atoms with E-state index >= 15 is 0 Å². The number of carbonyl (C=O) groups is 2. The summed E-state index contributed by atoms with van der Waals surface area (Å²) in [5.41, 5.74) is 6.26. The van der Waals surface area contributed by atoms with Crippen LogP contribution in [0.2, 0.25) is 0 Å². The maximum Gasteiger partial charge on any atom is 0.330 e. The molecular weight excluding hydrogens is 356 g/mol. The van der Waals surface area contributed by atoms with Crippen LogP contribution in [0.15, 0.2) is 24.3 Å². The fraction of sp³-hybridized carbons (Fsp3) is 0.545. The molecule has 1 saturated carbocycles. The lowest BCUT2D eigenvalue weighted by Gasteiger charge is -2.28. The van der Waals surface area contributed by atoms with Crippen LogP contribution in [-0.2, 0) is 9.53 Å². The van der Waals surface area contributed by atoms with Crippen LogP contribution in [-0.4, -0.2) is 42.3 Å². The zero-order valence-electron chi connectivity index (χ0n) is 17.4. The van der Waals surface area contributed by atoms with Crippen molar-refractivity contribution in [1.29, 1.82) is 0 Å². The summed E-state index contributed by atoms with van der Waals surface area (Å²) in [6.45, 7) is 7.74. The summed E-state index contributed by atoms with van der Waals surface area (Å²) in [5.74, 6) is 6.09. The second kappa shape index (κ2) is 10.8. The van der Waals surface area contributed by atoms with Gasteiger partial charge in [-0.1, -0.05) is 25.7 Å². The van der Waals surface area contributed by atoms with Crippen LogP contribution in [0, 0.1) is 23.7 Å². The van der Waals surface area contributed by atoms with Crippen LogP contribution in [0.5, 0.6) is 0 Å². The molecule has 6 nitrogen and oxygen atoms in total. The third kappa shape index (κ3) is 8.55. The molecule has 0 heterocycles. The Kier molecular flexibility index (Phi) is 9.17. The minimum absolute atomic E-state index is 0.283. The highest BCUT2D eigenvalue weighted by Crippen LogP contribution is 2.27. The second-order valence-electron chi connectivity index (χ2n) is 7.88. The third-order valence-electron chi connectivity index (χ3n) is 4.06. The highest BCUT2D eigenvalue weighted by atomic mass is 16.5. The molecule has 0 aromatic heterocycles. The molecule has 1 unspecified atom stereocenters. The summed E-state index contributed by atoms with van der Waals surface area (Å²) in [5, 5.41) is 10.8. The van der Waals surface area contributed by atoms with E-state index in [4.69, 9.17) is 15.6 Å². The molecule has 154 valence electrons. The summed E-state index contributed by atoms with van der Waals surface area (Å²) in [7, 11) is 1.26. The molecule has 0 spiro atoms. The molecule has 1 aliphatic rings. The number of amides is 1. The van der Waals surface area contributed by atoms with Gasteiger partial charge < -0.3 is 20.9 Å². The van der Waals surface area contributed by atoms with Crippen molar-refractivity contribution in [1.82, 2.24) is 5.32 Å². The van der Waals surface area contributed by atoms with Gasteiger partial charge in [0.2, 0.25) is 0 Å². The maximum absolute atomic E-state index is 12.3. The Balaban J connectivity index is 0.000000674. The minimum atomic E-state index is -0.939. The van der Waals surface area contributed by atoms with Gasteiger partial charge in [0.05, 0.1) is 7.11 Å². The Morgan fingerprint density at radius 2 is 1.86 bits per heavy atom. The molecule has 6 heteroatoms. The number of nitrogens with one attached hydrogen (secondary N) is 1. The largest absolute Gasteiger partial charge is 0.467 e. The Labute approximate surface area is 167 Å². The lowest BCUT2D eigenvalue weighted by atomic mass is 9.95. The average Bonchev–Trinajstić information content (AvgIpc) is 3.48. The predicted octanol–water partition coefficient (Wildman–Crippen LogP) is 2.09. The Morgan fingerprint density at radius 3 is 2.21 bits per heavy atom. The number of carbonyl (C=O) groups excluding carboxylic acids is 2. The number of ether oxygens (including phenoxy) is 1. The molecule has 1 atom stereocenters. The summed E-state index contributed by atoms with van der Waals surface area (Å²) in [4.78, 5) is 24.1. The zero-order chi connectivity index (χ0) is 21.3. The normalized spacial score (nSPS) is 14.1. The van der Waals surface area contributed by atoms with Gasteiger partial charge in [-0.15, -0.1) is 0 Å². The monoisotopic (exact) mass is 388 g/mol. The molecule has 0 bridgehead atoms. The Hall–Kier alpha value is -2.36. The van der Waals surface area contributed by atoms with Crippen LogP contribution in [0.4, 0.5) is 0 Å². The van der Waals surface area contributed by atoms with E-state index in [2.05, 4.69) is 17.2 Å². The lowest BCUT2D eigenvalue weighted by Crippen LogP contribution is -2.59. The molecule has 0 saturated heterocycles. The molecule has 0 radical (unpaired) electrons. The molecule has 1 aliphatic carbocycles. The first kappa shape index (κ1) is 23.7. The van der Waals surface area contributed by atoms with Crippen LogP contribution in [0.3, 0.4) is 0 Å². The van der Waals surface area contributed by atoms with Crippen molar-refractivity contribution in [2.45, 2.75) is 52.1 Å². The molecule has 1 aromatic carbocycles. The highest BCUT2D eigenvalue weighted by molar-refractivity contribution is 5.97. The average molecular weight is 389 g/mol. The zero-order valence-corrected chi connectivity index (χ0v) is 17.4. The fourth-order valence-corrected chi connectivity index (χ4v) is 2.11. The number of aliphatic hydroxyl groups excluding tert-OH is 1. The number of aliphatic hydroxyl groups is 1. The van der Waals surface area contributed by atoms with E-state index in [-0.39, 0.29) is 11.8 Å². The number of benzene rings is 1. The minimum Gasteiger partial charge on any atom is -0.467 e. The number of esters is 1. The Bertz CT molecular complexity index is 705. The van der Waals surface area contributed by atoms with Crippen molar-refractivity contribution < 1.29 is 19.4 Å². The van der Waals surface area contributed by atoms with Crippen LogP contribution in [0.1, 0.15) is 56.5 Å². The standard InChI is InChI=1S/C18H24N2O3.C4H8O/c1-12(2)6-7-13-8-10-14(11-9-13)16(21)20-15(17(22)23-5)18(3,4)19;5-3-4-1-2-4/h8-12,15H,19H2,1-5H3,(H,20,21);4-5H,1-3H2. The summed E-state index contributed by atoms with van der Waals surface area (Å²) in [6.07, 6.45) is 2.52. The summed E-state index contributed by atoms with van der Waals surface area (Å²) >= 11 is 0. The van der Waals surface area contributed by atoms with E-state index in [0.29, 0.717) is 18.1 Å². The molecule has 0 aliphatic heterocycles. The van der Waals surface area contributed by atoms with Crippen molar-refractivity contribution >= 4 is 11.9 Å². The topological polar surface area (TPSA) is 102 Å². The molecule has 4 N–H and O–H groups in total. The third-order valence-corrected chi connectivity index (χ3v) is 4.06. The van der Waals surface area contributed by atoms with Gasteiger partial charge in [0.1, 0.15) is 6.04 Å². The van der Waals surface area contributed by atoms with E-state index in [1.165, 1.54) is 20.0 Å². The second-order valence-corrected chi connectivity index (χ2v) is 7.88. The van der Waals surface area contributed by atoms with E-state index in [1.54, 1.807) is 38.1 Å². The molecule has 1 fully saturated rings. The van der Waals surface area contributed by atoms with Gasteiger partial charge >= 0.3 is 5.97 Å². The van der Waals surface area contributed by atoms with E-state index in [9.17, 15) is 9.59 Å². The predicted molar refractivity (Wildman–Crippen MR) is 110 cm³/mol. The van der Waals surface area contributed by atoms with Crippen LogP contribution < -0.4 is 11.1 Å². The van der Waals surface area contributed by atoms with Crippen molar-refractivity contribution in [2.75, 3.05) is 13.7 Å². The number of hydrogen-bond acceptors (Lipinski definition) is 5. The molecule has 28 heavy (non-hydrogen) atoms. The van der Waals surface area contributed by atoms with Crippen molar-refractivity contribution in [3.63, 3.8) is 0 Å². The fourth-order valence-electron chi connectivity index (χ4n) is 2.11. The van der Waals surface area contributed by atoms with Gasteiger partial charge in [-0.2, -0.15) is 0 Å². The number of hydrogen-bond donors (Lipinski definition) is 3. The Morgan fingerprint density at radius 1 is 1.29 bits per heavy atom. The van der Waals surface area contributed by atoms with E-state index < -0.39 is 17.6 Å². The first-order chi connectivity index (χ1) is 13.1.